The summed E-state index contributed by atoms with van der Waals surface area (Å²) in [6.07, 6.45) is 0. The smallest absolute Gasteiger partial charge is 0.318 e. The summed E-state index contributed by atoms with van der Waals surface area (Å²) < 4.78 is 2.70. The van der Waals surface area contributed by atoms with Crippen molar-refractivity contribution in [2.45, 2.75) is 6.54 Å². The Morgan fingerprint density at radius 1 is 1.53 bits per heavy atom. The molecule has 80 valence electrons. The first kappa shape index (κ1) is 10.4. The van der Waals surface area contributed by atoms with Gasteiger partial charge in [0, 0.05) is 17.6 Å². The van der Waals surface area contributed by atoms with Crippen LogP contribution in [-0.2, 0) is 6.54 Å². The highest BCUT2D eigenvalue weighted by atomic mass is 79.9. The van der Waals surface area contributed by atoms with E-state index >= 15 is 0 Å². The van der Waals surface area contributed by atoms with Crippen LogP contribution in [0.5, 0.6) is 0 Å². The van der Waals surface area contributed by atoms with Gasteiger partial charge in [-0.2, -0.15) is 0 Å². The zero-order valence-corrected chi connectivity index (χ0v) is 9.97. The Morgan fingerprint density at radius 2 is 2.33 bits per heavy atom. The molecule has 5 heteroatoms. The van der Waals surface area contributed by atoms with E-state index in [4.69, 9.17) is 0 Å². The molecule has 0 unspecified atom stereocenters. The fourth-order valence-electron chi connectivity index (χ4n) is 1.58. The first-order valence-corrected chi connectivity index (χ1v) is 5.54. The normalized spacial score (nSPS) is 11.1. The molecule has 15 heavy (non-hydrogen) atoms. The molecule has 0 radical (unpaired) electrons. The van der Waals surface area contributed by atoms with Gasteiger partial charge in [0.1, 0.15) is 0 Å². The summed E-state index contributed by atoms with van der Waals surface area (Å²) in [5.41, 5.74) is 1.75. The van der Waals surface area contributed by atoms with Gasteiger partial charge in [-0.1, -0.05) is 15.9 Å². The van der Waals surface area contributed by atoms with Crippen LogP contribution < -0.4 is 11.0 Å². The minimum atomic E-state index is -0.0571. The van der Waals surface area contributed by atoms with Crippen molar-refractivity contribution in [3.8, 4) is 0 Å². The molecule has 4 nitrogen and oxygen atoms in total. The lowest BCUT2D eigenvalue weighted by Crippen LogP contribution is -2.23. The predicted octanol–water partition coefficient (Wildman–Crippen LogP) is 1.31. The molecule has 0 aliphatic carbocycles. The Bertz CT molecular complexity index is 529. The van der Waals surface area contributed by atoms with Crippen molar-refractivity contribution in [1.82, 2.24) is 14.9 Å². The number of rotatable bonds is 3. The van der Waals surface area contributed by atoms with E-state index in [-0.39, 0.29) is 5.69 Å². The molecule has 0 atom stereocenters. The van der Waals surface area contributed by atoms with Gasteiger partial charge in [-0.25, -0.2) is 4.79 Å². The van der Waals surface area contributed by atoms with Crippen LogP contribution in [0.3, 0.4) is 0 Å². The lowest BCUT2D eigenvalue weighted by Gasteiger charge is -2.01. The van der Waals surface area contributed by atoms with Gasteiger partial charge in [0.05, 0.1) is 11.0 Å². The van der Waals surface area contributed by atoms with Crippen LogP contribution >= 0.6 is 15.9 Å². The maximum absolute atomic E-state index is 11.6. The molecule has 0 saturated carbocycles. The minimum absolute atomic E-state index is 0.0571. The van der Waals surface area contributed by atoms with Gasteiger partial charge in [-0.3, -0.25) is 4.57 Å². The SMILES string of the molecule is CNCCn1c(=O)[nH]c2cc(Br)ccc21. The van der Waals surface area contributed by atoms with Crippen LogP contribution in [0.4, 0.5) is 0 Å². The molecule has 2 rings (SSSR count). The first-order chi connectivity index (χ1) is 7.22. The molecular formula is C10H12BrN3O. The Hall–Kier alpha value is -1.07. The average Bonchev–Trinajstić information content (AvgIpc) is 2.50. The number of nitrogens with zero attached hydrogens (tertiary/aromatic N) is 1. The largest absolute Gasteiger partial charge is 0.326 e. The lowest BCUT2D eigenvalue weighted by molar-refractivity contribution is 0.642. The van der Waals surface area contributed by atoms with E-state index in [1.54, 1.807) is 4.57 Å². The van der Waals surface area contributed by atoms with Gasteiger partial charge in [0.25, 0.3) is 0 Å². The van der Waals surface area contributed by atoms with Gasteiger partial charge in [-0.05, 0) is 25.2 Å². The van der Waals surface area contributed by atoms with Crippen molar-refractivity contribution in [1.29, 1.82) is 0 Å². The van der Waals surface area contributed by atoms with Gasteiger partial charge >= 0.3 is 5.69 Å². The second kappa shape index (κ2) is 4.20. The molecule has 2 aromatic rings. The van der Waals surface area contributed by atoms with Gasteiger partial charge < -0.3 is 10.3 Å². The van der Waals surface area contributed by atoms with Crippen molar-refractivity contribution in [2.75, 3.05) is 13.6 Å². The summed E-state index contributed by atoms with van der Waals surface area (Å²) in [6.45, 7) is 1.46. The van der Waals surface area contributed by atoms with Crippen molar-refractivity contribution in [2.24, 2.45) is 0 Å². The summed E-state index contributed by atoms with van der Waals surface area (Å²) in [7, 11) is 1.87. The Labute approximate surface area is 95.4 Å². The van der Waals surface area contributed by atoms with Crippen molar-refractivity contribution in [3.63, 3.8) is 0 Å². The zero-order chi connectivity index (χ0) is 10.8. The lowest BCUT2D eigenvalue weighted by atomic mass is 10.3. The molecule has 0 saturated heterocycles. The monoisotopic (exact) mass is 269 g/mol. The molecule has 0 fully saturated rings. The number of fused-ring (bicyclic) bond motifs is 1. The predicted molar refractivity (Wildman–Crippen MR) is 64.2 cm³/mol. The number of nitrogens with one attached hydrogen (secondary N) is 2. The summed E-state index contributed by atoms with van der Waals surface area (Å²) in [4.78, 5) is 14.4. The Kier molecular flexibility index (Phi) is 2.93. The van der Waals surface area contributed by atoms with Crippen LogP contribution in [0.1, 0.15) is 0 Å². The first-order valence-electron chi connectivity index (χ1n) is 4.75. The van der Waals surface area contributed by atoms with Crippen LogP contribution in [0, 0.1) is 0 Å². The summed E-state index contributed by atoms with van der Waals surface area (Å²) in [5, 5.41) is 3.03. The standard InChI is InChI=1S/C10H12BrN3O/c1-12-4-5-14-9-3-2-7(11)6-8(9)13-10(14)15/h2-3,6,12H,4-5H2,1H3,(H,13,15). The van der Waals surface area contributed by atoms with E-state index in [1.807, 2.05) is 25.2 Å². The molecule has 0 spiro atoms. The highest BCUT2D eigenvalue weighted by Crippen LogP contribution is 2.16. The Morgan fingerprint density at radius 3 is 3.07 bits per heavy atom. The highest BCUT2D eigenvalue weighted by Gasteiger charge is 2.05. The maximum Gasteiger partial charge on any atom is 0.326 e. The fraction of sp³-hybridized carbons (Fsp3) is 0.300. The second-order valence-electron chi connectivity index (χ2n) is 3.35. The third kappa shape index (κ3) is 1.98. The average molecular weight is 270 g/mol. The van der Waals surface area contributed by atoms with E-state index in [0.717, 1.165) is 22.1 Å². The maximum atomic E-state index is 11.6. The van der Waals surface area contributed by atoms with Crippen molar-refractivity contribution >= 4 is 27.0 Å². The van der Waals surface area contributed by atoms with Gasteiger partial charge in [-0.15, -0.1) is 0 Å². The quantitative estimate of drug-likeness (QED) is 0.883. The zero-order valence-electron chi connectivity index (χ0n) is 8.38. The number of benzene rings is 1. The van der Waals surface area contributed by atoms with Gasteiger partial charge in [0.2, 0.25) is 0 Å². The fourth-order valence-corrected chi connectivity index (χ4v) is 1.94. The summed E-state index contributed by atoms with van der Waals surface area (Å²) in [5.74, 6) is 0. The number of H-pyrrole nitrogens is 1. The van der Waals surface area contributed by atoms with E-state index in [0.29, 0.717) is 6.54 Å². The number of halogens is 1. The molecule has 0 aliphatic heterocycles. The Balaban J connectivity index is 2.53. The van der Waals surface area contributed by atoms with Crippen LogP contribution in [0.15, 0.2) is 27.5 Å². The number of hydrogen-bond donors (Lipinski definition) is 2. The van der Waals surface area contributed by atoms with E-state index in [1.165, 1.54) is 0 Å². The van der Waals surface area contributed by atoms with Gasteiger partial charge in [0.15, 0.2) is 0 Å². The third-order valence-corrected chi connectivity index (χ3v) is 2.81. The van der Waals surface area contributed by atoms with Crippen LogP contribution in [0.2, 0.25) is 0 Å². The molecule has 0 aliphatic rings. The third-order valence-electron chi connectivity index (χ3n) is 2.32. The van der Waals surface area contributed by atoms with E-state index in [9.17, 15) is 4.79 Å². The molecule has 1 heterocycles. The van der Waals surface area contributed by atoms with E-state index < -0.39 is 0 Å². The summed E-state index contributed by atoms with van der Waals surface area (Å²) >= 11 is 3.38. The second-order valence-corrected chi connectivity index (χ2v) is 4.26. The number of likely N-dealkylation sites (N-methyl/N-ethyl adjacent to an activating group) is 1. The number of imidazole rings is 1. The molecule has 0 bridgehead atoms. The van der Waals surface area contributed by atoms with Crippen LogP contribution in [0.25, 0.3) is 11.0 Å². The van der Waals surface area contributed by atoms with E-state index in [2.05, 4.69) is 26.2 Å². The number of aromatic nitrogens is 2. The molecule has 1 aromatic carbocycles. The summed E-state index contributed by atoms with van der Waals surface area (Å²) in [6, 6.07) is 5.78. The number of hydrogen-bond acceptors (Lipinski definition) is 2. The van der Waals surface area contributed by atoms with Crippen molar-refractivity contribution < 1.29 is 0 Å². The van der Waals surface area contributed by atoms with Crippen molar-refractivity contribution in [3.05, 3.63) is 33.2 Å². The molecule has 1 aromatic heterocycles. The molecular weight excluding hydrogens is 258 g/mol. The minimum Gasteiger partial charge on any atom is -0.318 e. The topological polar surface area (TPSA) is 49.8 Å². The molecule has 0 amide bonds. The van der Waals surface area contributed by atoms with Crippen LogP contribution in [-0.4, -0.2) is 23.1 Å². The highest BCUT2D eigenvalue weighted by molar-refractivity contribution is 9.10. The number of aromatic amines is 1. The molecule has 2 N–H and O–H groups in total.